The van der Waals surface area contributed by atoms with Crippen LogP contribution in [0.4, 0.5) is 4.39 Å². The number of nitrogens with one attached hydrogen (secondary N) is 3. The first-order valence-electron chi connectivity index (χ1n) is 10.6. The number of aromatic hydroxyl groups is 1. The predicted octanol–water partition coefficient (Wildman–Crippen LogP) is 3.56. The maximum Gasteiger partial charge on any atom is 0.326 e. The first-order valence-corrected chi connectivity index (χ1v) is 10.6. The summed E-state index contributed by atoms with van der Waals surface area (Å²) in [4.78, 5) is 19.4. The van der Waals surface area contributed by atoms with Gasteiger partial charge in [0, 0.05) is 23.7 Å². The number of hydrogen-bond donors (Lipinski definition) is 4. The number of carbonyl (C=O) groups excluding carboxylic acids is 1. The lowest BCUT2D eigenvalue weighted by Gasteiger charge is -2.10. The molecule has 0 aliphatic carbocycles. The lowest BCUT2D eigenvalue weighted by molar-refractivity contribution is -0.141. The number of phenols is 1. The van der Waals surface area contributed by atoms with Crippen LogP contribution in [-0.4, -0.2) is 50.9 Å². The summed E-state index contributed by atoms with van der Waals surface area (Å²) in [5.41, 5.74) is 4.33. The third-order valence-corrected chi connectivity index (χ3v) is 5.90. The van der Waals surface area contributed by atoms with Crippen molar-refractivity contribution in [2.24, 2.45) is 0 Å². The SMILES string of the molecule is CCc1cc(O)ccc1-c1ccc2c(-c3nc(C4=C[C@@H](C(=O)OC)NC4)c[nH]3)n[nH]c2c1F. The molecule has 0 unspecified atom stereocenters. The monoisotopic (exact) mass is 447 g/mol. The molecule has 0 radical (unpaired) electrons. The number of aryl methyl sites for hydroxylation is 1. The van der Waals surface area contributed by atoms with Crippen molar-refractivity contribution >= 4 is 22.4 Å². The van der Waals surface area contributed by atoms with Crippen molar-refractivity contribution in [2.45, 2.75) is 19.4 Å². The molecule has 0 bridgehead atoms. The lowest BCUT2D eigenvalue weighted by Crippen LogP contribution is -2.31. The summed E-state index contributed by atoms with van der Waals surface area (Å²) in [7, 11) is 1.35. The van der Waals surface area contributed by atoms with E-state index in [0.29, 0.717) is 41.1 Å². The van der Waals surface area contributed by atoms with E-state index in [1.165, 1.54) is 7.11 Å². The Morgan fingerprint density at radius 3 is 2.88 bits per heavy atom. The molecule has 0 amide bonds. The fourth-order valence-electron chi connectivity index (χ4n) is 4.18. The lowest BCUT2D eigenvalue weighted by atomic mass is 9.96. The third-order valence-electron chi connectivity index (χ3n) is 5.90. The molecule has 3 heterocycles. The maximum absolute atomic E-state index is 15.5. The van der Waals surface area contributed by atoms with E-state index in [-0.39, 0.29) is 17.2 Å². The van der Waals surface area contributed by atoms with Crippen LogP contribution in [0.5, 0.6) is 5.75 Å². The summed E-state index contributed by atoms with van der Waals surface area (Å²) in [6.07, 6.45) is 4.17. The van der Waals surface area contributed by atoms with Crippen LogP contribution in [0, 0.1) is 5.82 Å². The van der Waals surface area contributed by atoms with E-state index in [0.717, 1.165) is 16.7 Å². The molecule has 2 aromatic heterocycles. The van der Waals surface area contributed by atoms with Gasteiger partial charge in [-0.2, -0.15) is 5.10 Å². The number of esters is 1. The number of methoxy groups -OCH3 is 1. The van der Waals surface area contributed by atoms with Crippen molar-refractivity contribution in [3.8, 4) is 28.4 Å². The standard InChI is InChI=1S/C24H22FN5O3/c1-3-12-8-14(31)4-5-15(12)16-6-7-17-21(20(16)25)29-30-22(17)23-27-11-19(28-23)13-9-18(26-10-13)24(32)33-2/h4-9,11,18,26,31H,3,10H2,1-2H3,(H,27,28)(H,29,30)/t18-/m0/s1. The highest BCUT2D eigenvalue weighted by atomic mass is 19.1. The molecule has 9 heteroatoms. The fourth-order valence-corrected chi connectivity index (χ4v) is 4.18. The minimum atomic E-state index is -0.503. The van der Waals surface area contributed by atoms with E-state index in [1.54, 1.807) is 36.5 Å². The second-order valence-corrected chi connectivity index (χ2v) is 7.82. The molecule has 1 atom stereocenters. The molecule has 8 nitrogen and oxygen atoms in total. The van der Waals surface area contributed by atoms with Gasteiger partial charge in [0.1, 0.15) is 23.0 Å². The van der Waals surface area contributed by atoms with Gasteiger partial charge in [-0.1, -0.05) is 19.1 Å². The molecule has 0 saturated heterocycles. The number of ether oxygens (including phenoxy) is 1. The van der Waals surface area contributed by atoms with Crippen LogP contribution in [0.15, 0.2) is 42.6 Å². The van der Waals surface area contributed by atoms with Crippen LogP contribution in [0.3, 0.4) is 0 Å². The van der Waals surface area contributed by atoms with Gasteiger partial charge in [-0.05, 0) is 47.4 Å². The number of halogens is 1. The number of fused-ring (bicyclic) bond motifs is 1. The average Bonchev–Trinajstić information content (AvgIpc) is 3.57. The predicted molar refractivity (Wildman–Crippen MR) is 122 cm³/mol. The van der Waals surface area contributed by atoms with Gasteiger partial charge in [0.15, 0.2) is 11.6 Å². The Bertz CT molecular complexity index is 1400. The molecular weight excluding hydrogens is 425 g/mol. The largest absolute Gasteiger partial charge is 0.508 e. The molecule has 1 aliphatic heterocycles. The number of imidazole rings is 1. The fraction of sp³-hybridized carbons (Fsp3) is 0.208. The third kappa shape index (κ3) is 3.56. The number of aromatic amines is 2. The molecule has 168 valence electrons. The van der Waals surface area contributed by atoms with Crippen molar-refractivity contribution in [3.63, 3.8) is 0 Å². The molecule has 1 aliphatic rings. The Balaban J connectivity index is 1.51. The number of phenolic OH excluding ortho intramolecular Hbond substituents is 1. The van der Waals surface area contributed by atoms with Crippen molar-refractivity contribution in [2.75, 3.05) is 13.7 Å². The van der Waals surface area contributed by atoms with Gasteiger partial charge in [0.2, 0.25) is 0 Å². The van der Waals surface area contributed by atoms with Gasteiger partial charge in [-0.15, -0.1) is 0 Å². The van der Waals surface area contributed by atoms with E-state index >= 15 is 4.39 Å². The number of nitrogens with zero attached hydrogens (tertiary/aromatic N) is 2. The number of hydrogen-bond acceptors (Lipinski definition) is 6. The first-order chi connectivity index (χ1) is 16.0. The van der Waals surface area contributed by atoms with Crippen molar-refractivity contribution in [3.05, 3.63) is 59.7 Å². The zero-order valence-electron chi connectivity index (χ0n) is 18.1. The van der Waals surface area contributed by atoms with Gasteiger partial charge >= 0.3 is 5.97 Å². The van der Waals surface area contributed by atoms with Crippen molar-refractivity contribution in [1.82, 2.24) is 25.5 Å². The summed E-state index contributed by atoms with van der Waals surface area (Å²) in [6, 6.07) is 7.95. The Morgan fingerprint density at radius 2 is 2.09 bits per heavy atom. The van der Waals surface area contributed by atoms with Crippen LogP contribution in [0.25, 0.3) is 39.1 Å². The van der Waals surface area contributed by atoms with Gasteiger partial charge < -0.3 is 14.8 Å². The number of H-pyrrole nitrogens is 2. The summed E-state index contributed by atoms with van der Waals surface area (Å²) >= 11 is 0. The van der Waals surface area contributed by atoms with E-state index in [9.17, 15) is 9.90 Å². The van der Waals surface area contributed by atoms with Crippen LogP contribution in [-0.2, 0) is 16.0 Å². The second-order valence-electron chi connectivity index (χ2n) is 7.82. The molecule has 4 aromatic rings. The smallest absolute Gasteiger partial charge is 0.326 e. The highest BCUT2D eigenvalue weighted by Crippen LogP contribution is 2.35. The molecule has 2 aromatic carbocycles. The Hall–Kier alpha value is -3.98. The van der Waals surface area contributed by atoms with Gasteiger partial charge in [0.05, 0.1) is 12.8 Å². The summed E-state index contributed by atoms with van der Waals surface area (Å²) in [5.74, 6) is -0.128. The van der Waals surface area contributed by atoms with Crippen LogP contribution < -0.4 is 5.32 Å². The second kappa shape index (κ2) is 8.18. The van der Waals surface area contributed by atoms with Gasteiger partial charge in [-0.25, -0.2) is 9.37 Å². The summed E-state index contributed by atoms with van der Waals surface area (Å²) in [5, 5.41) is 20.5. The summed E-state index contributed by atoms with van der Waals surface area (Å²) in [6.45, 7) is 2.44. The first kappa shape index (κ1) is 20.9. The number of benzene rings is 2. The zero-order chi connectivity index (χ0) is 23.1. The molecule has 0 saturated carbocycles. The van der Waals surface area contributed by atoms with Crippen LogP contribution in [0.1, 0.15) is 18.2 Å². The van der Waals surface area contributed by atoms with E-state index in [1.807, 2.05) is 13.0 Å². The van der Waals surface area contributed by atoms with E-state index < -0.39 is 11.9 Å². The molecule has 33 heavy (non-hydrogen) atoms. The molecule has 0 spiro atoms. The zero-order valence-corrected chi connectivity index (χ0v) is 18.1. The Labute approximate surface area is 188 Å². The molecule has 4 N–H and O–H groups in total. The van der Waals surface area contributed by atoms with Crippen molar-refractivity contribution in [1.29, 1.82) is 0 Å². The van der Waals surface area contributed by atoms with E-state index in [4.69, 9.17) is 4.74 Å². The van der Waals surface area contributed by atoms with E-state index in [2.05, 4.69) is 25.5 Å². The highest BCUT2D eigenvalue weighted by molar-refractivity contribution is 5.95. The average molecular weight is 447 g/mol. The highest BCUT2D eigenvalue weighted by Gasteiger charge is 2.25. The van der Waals surface area contributed by atoms with Crippen molar-refractivity contribution < 1.29 is 19.0 Å². The molecular formula is C24H22FN5O3. The van der Waals surface area contributed by atoms with Crippen LogP contribution >= 0.6 is 0 Å². The maximum atomic E-state index is 15.5. The van der Waals surface area contributed by atoms with Gasteiger partial charge in [0.25, 0.3) is 0 Å². The van der Waals surface area contributed by atoms with Gasteiger partial charge in [-0.3, -0.25) is 15.2 Å². The number of rotatable bonds is 5. The number of carbonyl (C=O) groups is 1. The minimum Gasteiger partial charge on any atom is -0.508 e. The quantitative estimate of drug-likeness (QED) is 0.348. The summed E-state index contributed by atoms with van der Waals surface area (Å²) < 4.78 is 20.2. The topological polar surface area (TPSA) is 116 Å². The van der Waals surface area contributed by atoms with Crippen LogP contribution in [0.2, 0.25) is 0 Å². The number of aromatic nitrogens is 4. The Kier molecular flexibility index (Phi) is 5.18. The minimum absolute atomic E-state index is 0.153. The normalized spacial score (nSPS) is 15.7. The Morgan fingerprint density at radius 1 is 1.27 bits per heavy atom. The molecule has 5 rings (SSSR count). The molecule has 0 fully saturated rings.